The average molecular weight is 346 g/mol. The third-order valence-electron chi connectivity index (χ3n) is 3.32. The second-order valence-corrected chi connectivity index (χ2v) is 5.88. The fraction of sp³-hybridized carbons (Fsp3) is 0.188. The number of ether oxygens (including phenoxy) is 1. The Morgan fingerprint density at radius 3 is 3.00 bits per heavy atom. The Morgan fingerprint density at radius 2 is 2.29 bits per heavy atom. The minimum Gasteiger partial charge on any atom is -0.497 e. The molecule has 0 fully saturated rings. The van der Waals surface area contributed by atoms with Crippen molar-refractivity contribution in [1.82, 2.24) is 10.2 Å². The third-order valence-corrected chi connectivity index (χ3v) is 4.28. The van der Waals surface area contributed by atoms with Crippen LogP contribution in [0, 0.1) is 0 Å². The molecule has 0 unspecified atom stereocenters. The minimum absolute atomic E-state index is 0.0689. The molecule has 0 atom stereocenters. The van der Waals surface area contributed by atoms with Crippen LogP contribution in [0.15, 0.2) is 52.2 Å². The lowest BCUT2D eigenvalue weighted by Crippen LogP contribution is -2.37. The lowest BCUT2D eigenvalue weighted by atomic mass is 10.2. The van der Waals surface area contributed by atoms with E-state index in [1.165, 1.54) is 0 Å². The van der Waals surface area contributed by atoms with Gasteiger partial charge in [-0.25, -0.2) is 4.57 Å². The first kappa shape index (κ1) is 16.1. The number of rotatable bonds is 7. The van der Waals surface area contributed by atoms with Gasteiger partial charge in [0, 0.05) is 0 Å². The van der Waals surface area contributed by atoms with E-state index in [4.69, 9.17) is 14.3 Å². The number of aliphatic carboxylic acids is 1. The van der Waals surface area contributed by atoms with E-state index in [1.807, 2.05) is 41.0 Å². The Bertz CT molecular complexity index is 830. The quantitative estimate of drug-likeness (QED) is 0.503. The Hall–Kier alpha value is -2.74. The number of carbonyl (C=O) groups is 1. The van der Waals surface area contributed by atoms with Gasteiger partial charge in [-0.2, -0.15) is 0 Å². The van der Waals surface area contributed by atoms with Gasteiger partial charge in [-0.15, -0.1) is 5.10 Å². The van der Waals surface area contributed by atoms with E-state index >= 15 is 0 Å². The van der Waals surface area contributed by atoms with Crippen LogP contribution in [0.3, 0.4) is 0 Å². The van der Waals surface area contributed by atoms with Crippen molar-refractivity contribution in [3.63, 3.8) is 0 Å². The molecule has 0 bridgehead atoms. The standard InChI is InChI=1S/C16H15N3O4S/c1-22-12-5-2-4-11(8-12)15-17-18-16(24-10-14(20)21)19(15)9-13-6-3-7-23-13/h2-8H,9-10H2,1H3,(H,20,21)/p+1. The SMILES string of the molecule is COc1cccc(-c2[nH]nc(SCC(=O)O)[n+]2Cc2ccco2)c1. The predicted octanol–water partition coefficient (Wildman–Crippen LogP) is 2.19. The number of benzene rings is 1. The van der Waals surface area contributed by atoms with Gasteiger partial charge in [0.05, 0.1) is 24.0 Å². The number of hydrogen-bond acceptors (Lipinski definition) is 5. The fourth-order valence-electron chi connectivity index (χ4n) is 2.25. The normalized spacial score (nSPS) is 10.7. The van der Waals surface area contributed by atoms with E-state index in [9.17, 15) is 4.79 Å². The van der Waals surface area contributed by atoms with E-state index in [0.29, 0.717) is 11.7 Å². The number of furan rings is 1. The van der Waals surface area contributed by atoms with E-state index < -0.39 is 5.97 Å². The Balaban J connectivity index is 1.99. The van der Waals surface area contributed by atoms with Crippen LogP contribution in [-0.4, -0.2) is 34.1 Å². The van der Waals surface area contributed by atoms with Crippen molar-refractivity contribution < 1.29 is 23.6 Å². The molecule has 124 valence electrons. The van der Waals surface area contributed by atoms with Gasteiger partial charge in [0.1, 0.15) is 23.8 Å². The van der Waals surface area contributed by atoms with Crippen LogP contribution in [-0.2, 0) is 11.3 Å². The molecule has 0 aliphatic rings. The average Bonchev–Trinajstić information content (AvgIpc) is 3.23. The molecule has 0 amide bonds. The van der Waals surface area contributed by atoms with Crippen LogP contribution in [0.25, 0.3) is 11.4 Å². The second kappa shape index (κ2) is 7.22. The lowest BCUT2D eigenvalue weighted by molar-refractivity contribution is -0.716. The monoisotopic (exact) mass is 346 g/mol. The number of aromatic nitrogens is 3. The van der Waals surface area contributed by atoms with E-state index in [0.717, 1.165) is 34.7 Å². The van der Waals surface area contributed by atoms with Gasteiger partial charge in [0.2, 0.25) is 0 Å². The zero-order valence-electron chi connectivity index (χ0n) is 12.9. The highest BCUT2D eigenvalue weighted by atomic mass is 32.2. The summed E-state index contributed by atoms with van der Waals surface area (Å²) in [5.74, 6) is 1.27. The maximum absolute atomic E-state index is 10.9. The molecule has 1 aromatic carbocycles. The molecule has 0 saturated heterocycles. The number of carboxylic acids is 1. The number of hydrogen-bond donors (Lipinski definition) is 2. The summed E-state index contributed by atoms with van der Waals surface area (Å²) in [5, 5.41) is 16.7. The molecule has 0 spiro atoms. The minimum atomic E-state index is -0.893. The Labute approximate surface area is 142 Å². The first-order valence-electron chi connectivity index (χ1n) is 7.17. The zero-order valence-corrected chi connectivity index (χ0v) is 13.7. The summed E-state index contributed by atoms with van der Waals surface area (Å²) in [6.45, 7) is 0.442. The first-order chi connectivity index (χ1) is 11.7. The van der Waals surface area contributed by atoms with Crippen molar-refractivity contribution in [2.24, 2.45) is 0 Å². The summed E-state index contributed by atoms with van der Waals surface area (Å²) in [4.78, 5) is 10.9. The summed E-state index contributed by atoms with van der Waals surface area (Å²) < 4.78 is 12.6. The number of aromatic amines is 1. The van der Waals surface area contributed by atoms with Gasteiger partial charge in [-0.05, 0) is 42.1 Å². The van der Waals surface area contributed by atoms with Crippen LogP contribution in [0.1, 0.15) is 5.76 Å². The van der Waals surface area contributed by atoms with Gasteiger partial charge >= 0.3 is 11.1 Å². The van der Waals surface area contributed by atoms with Crippen molar-refractivity contribution in [2.75, 3.05) is 12.9 Å². The van der Waals surface area contributed by atoms with Crippen LogP contribution >= 0.6 is 11.8 Å². The Morgan fingerprint density at radius 1 is 1.42 bits per heavy atom. The fourth-order valence-corrected chi connectivity index (χ4v) is 2.92. The van der Waals surface area contributed by atoms with Crippen LogP contribution < -0.4 is 9.30 Å². The molecule has 2 N–H and O–H groups in total. The van der Waals surface area contributed by atoms with E-state index in [-0.39, 0.29) is 5.75 Å². The second-order valence-electron chi connectivity index (χ2n) is 4.93. The zero-order chi connectivity index (χ0) is 16.9. The van der Waals surface area contributed by atoms with Gasteiger partial charge in [-0.3, -0.25) is 4.79 Å². The number of methoxy groups -OCH3 is 1. The molecule has 2 heterocycles. The van der Waals surface area contributed by atoms with Gasteiger partial charge in [0.25, 0.3) is 5.82 Å². The molecule has 24 heavy (non-hydrogen) atoms. The molecule has 2 aromatic heterocycles. The number of nitrogens with one attached hydrogen (secondary N) is 1. The topological polar surface area (TPSA) is 92.2 Å². The van der Waals surface area contributed by atoms with Crippen LogP contribution in [0.2, 0.25) is 0 Å². The summed E-state index contributed by atoms with van der Waals surface area (Å²) in [5.41, 5.74) is 0.885. The molecule has 3 rings (SSSR count). The van der Waals surface area contributed by atoms with Crippen molar-refractivity contribution >= 4 is 17.7 Å². The smallest absolute Gasteiger partial charge is 0.337 e. The van der Waals surface area contributed by atoms with Crippen LogP contribution in [0.5, 0.6) is 5.75 Å². The maximum atomic E-state index is 10.9. The highest BCUT2D eigenvalue weighted by Gasteiger charge is 2.24. The molecule has 0 radical (unpaired) electrons. The largest absolute Gasteiger partial charge is 0.497 e. The molecular formula is C16H16N3O4S+. The molecule has 0 aliphatic carbocycles. The van der Waals surface area contributed by atoms with Gasteiger partial charge in [0.15, 0.2) is 0 Å². The number of thioether (sulfide) groups is 1. The van der Waals surface area contributed by atoms with Gasteiger partial charge < -0.3 is 14.3 Å². The number of carboxylic acid groups (broad SMARTS) is 1. The summed E-state index contributed by atoms with van der Waals surface area (Å²) >= 11 is 1.15. The molecule has 8 heteroatoms. The highest BCUT2D eigenvalue weighted by molar-refractivity contribution is 7.99. The lowest BCUT2D eigenvalue weighted by Gasteiger charge is -2.04. The Kier molecular flexibility index (Phi) is 4.85. The number of nitrogens with zero attached hydrogens (tertiary/aromatic N) is 2. The van der Waals surface area contributed by atoms with Crippen molar-refractivity contribution in [3.8, 4) is 17.1 Å². The van der Waals surface area contributed by atoms with Gasteiger partial charge in [-0.1, -0.05) is 6.07 Å². The van der Waals surface area contributed by atoms with Crippen molar-refractivity contribution in [1.29, 1.82) is 0 Å². The maximum Gasteiger partial charge on any atom is 0.337 e. The highest BCUT2D eigenvalue weighted by Crippen LogP contribution is 2.22. The first-order valence-corrected chi connectivity index (χ1v) is 8.15. The molecule has 7 nitrogen and oxygen atoms in total. The molecule has 3 aromatic rings. The van der Waals surface area contributed by atoms with E-state index in [2.05, 4.69) is 10.2 Å². The molecule has 0 aliphatic heterocycles. The molecular weight excluding hydrogens is 330 g/mol. The van der Waals surface area contributed by atoms with E-state index in [1.54, 1.807) is 13.4 Å². The summed E-state index contributed by atoms with van der Waals surface area (Å²) in [6.07, 6.45) is 1.60. The van der Waals surface area contributed by atoms with Crippen molar-refractivity contribution in [2.45, 2.75) is 11.7 Å². The summed E-state index contributed by atoms with van der Waals surface area (Å²) in [7, 11) is 1.61. The summed E-state index contributed by atoms with van der Waals surface area (Å²) in [6, 6.07) is 11.2. The number of H-pyrrole nitrogens is 1. The van der Waals surface area contributed by atoms with Crippen molar-refractivity contribution in [3.05, 3.63) is 48.4 Å². The molecule has 0 saturated carbocycles. The predicted molar refractivity (Wildman–Crippen MR) is 86.9 cm³/mol. The third kappa shape index (κ3) is 3.60. The van der Waals surface area contributed by atoms with Crippen LogP contribution in [0.4, 0.5) is 0 Å².